The van der Waals surface area contributed by atoms with E-state index in [1.807, 2.05) is 0 Å². The van der Waals surface area contributed by atoms with Gasteiger partial charge in [-0.3, -0.25) is 4.79 Å². The monoisotopic (exact) mass is 286 g/mol. The second-order valence-electron chi connectivity index (χ2n) is 4.16. The smallest absolute Gasteiger partial charge is 0.258 e. The lowest BCUT2D eigenvalue weighted by atomic mass is 10.1. The van der Waals surface area contributed by atoms with E-state index in [0.717, 1.165) is 12.1 Å². The fourth-order valence-corrected chi connectivity index (χ4v) is 1.69. The fourth-order valence-electron chi connectivity index (χ4n) is 1.69. The zero-order valence-electron chi connectivity index (χ0n) is 11.0. The van der Waals surface area contributed by atoms with Crippen LogP contribution in [-0.4, -0.2) is 12.5 Å². The van der Waals surface area contributed by atoms with E-state index >= 15 is 0 Å². The second-order valence-corrected chi connectivity index (χ2v) is 4.16. The van der Waals surface area contributed by atoms with Crippen molar-refractivity contribution in [2.45, 2.75) is 0 Å². The summed E-state index contributed by atoms with van der Waals surface area (Å²) in [4.78, 5) is 11.9. The maximum absolute atomic E-state index is 13.9. The molecule has 0 aromatic heterocycles. The van der Waals surface area contributed by atoms with Crippen LogP contribution in [0.3, 0.4) is 0 Å². The van der Waals surface area contributed by atoms with Crippen LogP contribution in [0, 0.1) is 23.5 Å². The lowest BCUT2D eigenvalue weighted by Crippen LogP contribution is -2.14. The molecule has 5 heteroatoms. The van der Waals surface area contributed by atoms with Gasteiger partial charge in [-0.2, -0.15) is 0 Å². The van der Waals surface area contributed by atoms with E-state index in [2.05, 4.69) is 17.2 Å². The normalized spacial score (nSPS) is 9.67. The highest BCUT2D eigenvalue weighted by Gasteiger charge is 2.12. The third-order valence-electron chi connectivity index (χ3n) is 2.63. The minimum absolute atomic E-state index is 0.141. The Morgan fingerprint density at radius 3 is 2.67 bits per heavy atom. The zero-order chi connectivity index (χ0) is 15.2. The summed E-state index contributed by atoms with van der Waals surface area (Å²) in [5, 5.41) is 2.43. The van der Waals surface area contributed by atoms with Crippen molar-refractivity contribution in [2.24, 2.45) is 5.73 Å². The van der Waals surface area contributed by atoms with Gasteiger partial charge in [0.25, 0.3) is 5.91 Å². The van der Waals surface area contributed by atoms with Crippen LogP contribution in [0.25, 0.3) is 0 Å². The standard InChI is InChI=1S/C16H12F2N2O/c17-12-4-1-5-13(10-12)20-16(21)14-7-6-11(3-2-8-19)9-15(14)18/h1,4-7,9-10H,8,19H2,(H,20,21). The third-order valence-corrected chi connectivity index (χ3v) is 2.63. The molecule has 3 nitrogen and oxygen atoms in total. The molecule has 0 spiro atoms. The quantitative estimate of drug-likeness (QED) is 0.834. The number of rotatable bonds is 2. The summed E-state index contributed by atoms with van der Waals surface area (Å²) in [5.74, 6) is 3.42. The summed E-state index contributed by atoms with van der Waals surface area (Å²) < 4.78 is 26.9. The maximum Gasteiger partial charge on any atom is 0.258 e. The molecule has 0 aliphatic heterocycles. The van der Waals surface area contributed by atoms with E-state index in [1.54, 1.807) is 0 Å². The molecule has 1 amide bonds. The largest absolute Gasteiger partial charge is 0.322 e. The molecule has 0 fully saturated rings. The SMILES string of the molecule is NCC#Cc1ccc(C(=O)Nc2cccc(F)c2)c(F)c1. The Balaban J connectivity index is 2.20. The molecule has 0 radical (unpaired) electrons. The van der Waals surface area contributed by atoms with Crippen LogP contribution < -0.4 is 11.1 Å². The molecule has 3 N–H and O–H groups in total. The van der Waals surface area contributed by atoms with Crippen molar-refractivity contribution >= 4 is 11.6 Å². The minimum atomic E-state index is -0.701. The number of nitrogens with two attached hydrogens (primary N) is 1. The Labute approximate surface area is 120 Å². The number of nitrogens with one attached hydrogen (secondary N) is 1. The first kappa shape index (κ1) is 14.7. The van der Waals surface area contributed by atoms with Crippen molar-refractivity contribution in [2.75, 3.05) is 11.9 Å². The molecule has 2 aromatic carbocycles. The summed E-state index contributed by atoms with van der Waals surface area (Å²) in [7, 11) is 0. The highest BCUT2D eigenvalue weighted by molar-refractivity contribution is 6.04. The lowest BCUT2D eigenvalue weighted by Gasteiger charge is -2.06. The van der Waals surface area contributed by atoms with Crippen LogP contribution in [0.2, 0.25) is 0 Å². The van der Waals surface area contributed by atoms with Gasteiger partial charge in [-0.15, -0.1) is 0 Å². The highest BCUT2D eigenvalue weighted by Crippen LogP contribution is 2.14. The molecule has 0 aliphatic carbocycles. The molecular weight excluding hydrogens is 274 g/mol. The van der Waals surface area contributed by atoms with Crippen LogP contribution >= 0.6 is 0 Å². The first-order chi connectivity index (χ1) is 10.1. The van der Waals surface area contributed by atoms with Crippen molar-refractivity contribution in [3.8, 4) is 11.8 Å². The number of anilines is 1. The zero-order valence-corrected chi connectivity index (χ0v) is 11.0. The van der Waals surface area contributed by atoms with Crippen molar-refractivity contribution in [1.82, 2.24) is 0 Å². The number of carbonyl (C=O) groups excluding carboxylic acids is 1. The number of carbonyl (C=O) groups is 1. The highest BCUT2D eigenvalue weighted by atomic mass is 19.1. The van der Waals surface area contributed by atoms with Gasteiger partial charge in [-0.05, 0) is 36.4 Å². The molecule has 0 aliphatic rings. The first-order valence-electron chi connectivity index (χ1n) is 6.15. The van der Waals surface area contributed by atoms with E-state index in [0.29, 0.717) is 5.56 Å². The average molecular weight is 286 g/mol. The molecule has 0 saturated carbocycles. The van der Waals surface area contributed by atoms with E-state index in [9.17, 15) is 13.6 Å². The lowest BCUT2D eigenvalue weighted by molar-refractivity contribution is 0.102. The van der Waals surface area contributed by atoms with Crippen LogP contribution in [0.1, 0.15) is 15.9 Å². The van der Waals surface area contributed by atoms with Gasteiger partial charge >= 0.3 is 0 Å². The van der Waals surface area contributed by atoms with Crippen LogP contribution in [0.4, 0.5) is 14.5 Å². The van der Waals surface area contributed by atoms with Gasteiger partial charge in [0.15, 0.2) is 0 Å². The Hall–Kier alpha value is -2.71. The molecule has 0 bridgehead atoms. The van der Waals surface area contributed by atoms with Crippen molar-refractivity contribution in [3.63, 3.8) is 0 Å². The molecule has 0 saturated heterocycles. The first-order valence-corrected chi connectivity index (χ1v) is 6.15. The number of halogens is 2. The number of hydrogen-bond acceptors (Lipinski definition) is 2. The van der Waals surface area contributed by atoms with Crippen LogP contribution in [-0.2, 0) is 0 Å². The van der Waals surface area contributed by atoms with E-state index in [4.69, 9.17) is 5.73 Å². The summed E-state index contributed by atoms with van der Waals surface area (Å²) in [5.41, 5.74) is 5.77. The number of benzene rings is 2. The van der Waals surface area contributed by atoms with Gasteiger partial charge < -0.3 is 11.1 Å². The Kier molecular flexibility index (Phi) is 4.64. The Bertz CT molecular complexity index is 733. The molecule has 2 aromatic rings. The average Bonchev–Trinajstić information content (AvgIpc) is 2.45. The topological polar surface area (TPSA) is 55.1 Å². The fraction of sp³-hybridized carbons (Fsp3) is 0.0625. The molecule has 0 unspecified atom stereocenters. The summed E-state index contributed by atoms with van der Waals surface area (Å²) in [6, 6.07) is 9.37. The van der Waals surface area contributed by atoms with Gasteiger partial charge in [0.05, 0.1) is 12.1 Å². The Morgan fingerprint density at radius 1 is 1.19 bits per heavy atom. The molecule has 21 heavy (non-hydrogen) atoms. The molecule has 0 heterocycles. The van der Waals surface area contributed by atoms with E-state index < -0.39 is 17.5 Å². The molecular formula is C16H12F2N2O. The number of amides is 1. The summed E-state index contributed by atoms with van der Waals surface area (Å²) >= 11 is 0. The second kappa shape index (κ2) is 6.64. The third kappa shape index (κ3) is 3.88. The van der Waals surface area contributed by atoms with Gasteiger partial charge in [-0.1, -0.05) is 17.9 Å². The predicted molar refractivity (Wildman–Crippen MR) is 76.7 cm³/mol. The van der Waals surface area contributed by atoms with Crippen LogP contribution in [0.15, 0.2) is 42.5 Å². The number of hydrogen-bond donors (Lipinski definition) is 2. The van der Waals surface area contributed by atoms with Crippen LogP contribution in [0.5, 0.6) is 0 Å². The van der Waals surface area contributed by atoms with Gasteiger partial charge in [0.2, 0.25) is 0 Å². The van der Waals surface area contributed by atoms with E-state index in [1.165, 1.54) is 30.3 Å². The van der Waals surface area contributed by atoms with Crippen molar-refractivity contribution < 1.29 is 13.6 Å². The molecule has 0 atom stereocenters. The molecule has 2 rings (SSSR count). The van der Waals surface area contributed by atoms with Gasteiger partial charge in [-0.25, -0.2) is 8.78 Å². The minimum Gasteiger partial charge on any atom is -0.322 e. The summed E-state index contributed by atoms with van der Waals surface area (Å²) in [6.45, 7) is 0.170. The van der Waals surface area contributed by atoms with Gasteiger partial charge in [0.1, 0.15) is 11.6 Å². The summed E-state index contributed by atoms with van der Waals surface area (Å²) in [6.07, 6.45) is 0. The van der Waals surface area contributed by atoms with Crippen molar-refractivity contribution in [1.29, 1.82) is 0 Å². The van der Waals surface area contributed by atoms with E-state index in [-0.39, 0.29) is 17.8 Å². The predicted octanol–water partition coefficient (Wildman–Crippen LogP) is 2.53. The molecule has 106 valence electrons. The Morgan fingerprint density at radius 2 is 2.00 bits per heavy atom. The van der Waals surface area contributed by atoms with Gasteiger partial charge in [0, 0.05) is 11.3 Å². The maximum atomic E-state index is 13.9. The van der Waals surface area contributed by atoms with Crippen molar-refractivity contribution in [3.05, 3.63) is 65.2 Å².